The van der Waals surface area contributed by atoms with Crippen molar-refractivity contribution >= 4 is 5.97 Å². The molecule has 0 N–H and O–H groups in total. The number of carbonyl (C=O) groups excluding carboxylic acids is 1. The van der Waals surface area contributed by atoms with Crippen LogP contribution in [0.5, 0.6) is 0 Å². The van der Waals surface area contributed by atoms with Crippen molar-refractivity contribution in [2.75, 3.05) is 20.3 Å². The van der Waals surface area contributed by atoms with Crippen molar-refractivity contribution in [1.29, 1.82) is 0 Å². The predicted molar refractivity (Wildman–Crippen MR) is 60.0 cm³/mol. The average Bonchev–Trinajstić information content (AvgIpc) is 2.34. The molecule has 1 aromatic heterocycles. The number of carbonyl (C=O) groups is 1. The van der Waals surface area contributed by atoms with E-state index in [0.29, 0.717) is 19.6 Å². The number of nitrogens with zero attached hydrogens (tertiary/aromatic N) is 1. The highest BCUT2D eigenvalue weighted by Gasteiger charge is 1.99. The number of pyridine rings is 1. The van der Waals surface area contributed by atoms with E-state index in [0.717, 1.165) is 12.8 Å². The van der Waals surface area contributed by atoms with E-state index in [1.54, 1.807) is 6.20 Å². The fourth-order valence-corrected chi connectivity index (χ4v) is 1.28. The number of ether oxygens (including phenoxy) is 2. The summed E-state index contributed by atoms with van der Waals surface area (Å²) < 4.78 is 9.81. The number of aromatic nitrogens is 1. The van der Waals surface area contributed by atoms with Crippen LogP contribution in [0.4, 0.5) is 0 Å². The van der Waals surface area contributed by atoms with E-state index in [1.165, 1.54) is 12.7 Å². The first-order chi connectivity index (χ1) is 7.83. The van der Waals surface area contributed by atoms with Gasteiger partial charge in [0.1, 0.15) is 0 Å². The van der Waals surface area contributed by atoms with Crippen molar-refractivity contribution in [1.82, 2.24) is 4.98 Å². The van der Waals surface area contributed by atoms with Crippen molar-refractivity contribution in [2.45, 2.75) is 19.3 Å². The van der Waals surface area contributed by atoms with Crippen LogP contribution in [0.3, 0.4) is 0 Å². The second-order valence-corrected chi connectivity index (χ2v) is 3.40. The molecule has 0 saturated heterocycles. The minimum Gasteiger partial charge on any atom is -0.469 e. The number of hydrogen-bond acceptors (Lipinski definition) is 4. The summed E-state index contributed by atoms with van der Waals surface area (Å²) in [5.74, 6) is -0.229. The van der Waals surface area contributed by atoms with Gasteiger partial charge in [-0.3, -0.25) is 9.78 Å². The molecule has 0 amide bonds. The Kier molecular flexibility index (Phi) is 6.18. The van der Waals surface area contributed by atoms with Crippen LogP contribution in [0.25, 0.3) is 0 Å². The molecule has 0 aliphatic rings. The molecule has 0 saturated carbocycles. The monoisotopic (exact) mass is 223 g/mol. The van der Waals surface area contributed by atoms with E-state index >= 15 is 0 Å². The van der Waals surface area contributed by atoms with Crippen LogP contribution in [0, 0.1) is 0 Å². The van der Waals surface area contributed by atoms with Crippen LogP contribution < -0.4 is 0 Å². The van der Waals surface area contributed by atoms with Crippen LogP contribution in [-0.2, 0) is 20.7 Å². The molecule has 0 bridgehead atoms. The molecular weight excluding hydrogens is 206 g/mol. The molecule has 0 aliphatic heterocycles. The van der Waals surface area contributed by atoms with Gasteiger partial charge >= 0.3 is 5.97 Å². The fraction of sp³-hybridized carbons (Fsp3) is 0.500. The van der Waals surface area contributed by atoms with E-state index < -0.39 is 0 Å². The smallest absolute Gasteiger partial charge is 0.307 e. The molecule has 1 heterocycles. The maximum absolute atomic E-state index is 10.8. The van der Waals surface area contributed by atoms with Gasteiger partial charge in [0.25, 0.3) is 0 Å². The molecule has 1 aromatic rings. The number of aryl methyl sites for hydroxylation is 1. The first-order valence-electron chi connectivity index (χ1n) is 5.36. The summed E-state index contributed by atoms with van der Waals surface area (Å²) in [4.78, 5) is 14.8. The number of rotatable bonds is 7. The summed E-state index contributed by atoms with van der Waals surface area (Å²) in [5, 5.41) is 0. The predicted octanol–water partition coefficient (Wildman–Crippen LogP) is 1.59. The van der Waals surface area contributed by atoms with Crippen LogP contribution in [0.2, 0.25) is 0 Å². The molecule has 88 valence electrons. The summed E-state index contributed by atoms with van der Waals surface area (Å²) in [6.07, 6.45) is 5.83. The van der Waals surface area contributed by atoms with E-state index in [2.05, 4.69) is 9.72 Å². The summed E-state index contributed by atoms with van der Waals surface area (Å²) in [6, 6.07) is 3.97. The lowest BCUT2D eigenvalue weighted by molar-refractivity contribution is -0.141. The van der Waals surface area contributed by atoms with E-state index in [9.17, 15) is 4.79 Å². The van der Waals surface area contributed by atoms with Gasteiger partial charge in [0.05, 0.1) is 20.1 Å². The van der Waals surface area contributed by atoms with Gasteiger partial charge in [0.2, 0.25) is 0 Å². The van der Waals surface area contributed by atoms with Crippen LogP contribution in [0.15, 0.2) is 24.5 Å². The molecule has 16 heavy (non-hydrogen) atoms. The normalized spacial score (nSPS) is 10.1. The Morgan fingerprint density at radius 2 is 2.31 bits per heavy atom. The van der Waals surface area contributed by atoms with E-state index in [1.807, 2.05) is 18.3 Å². The molecule has 0 aromatic carbocycles. The Balaban J connectivity index is 1.98. The summed E-state index contributed by atoms with van der Waals surface area (Å²) in [7, 11) is 1.38. The van der Waals surface area contributed by atoms with Crippen molar-refractivity contribution in [3.05, 3.63) is 30.1 Å². The molecule has 0 unspecified atom stereocenters. The molecule has 0 radical (unpaired) electrons. The lowest BCUT2D eigenvalue weighted by atomic mass is 10.2. The fourth-order valence-electron chi connectivity index (χ4n) is 1.28. The topological polar surface area (TPSA) is 48.4 Å². The molecule has 0 aliphatic carbocycles. The zero-order valence-electron chi connectivity index (χ0n) is 9.52. The van der Waals surface area contributed by atoms with Gasteiger partial charge in [-0.15, -0.1) is 0 Å². The van der Waals surface area contributed by atoms with Gasteiger partial charge in [-0.1, -0.05) is 6.07 Å². The molecule has 0 spiro atoms. The number of methoxy groups -OCH3 is 1. The van der Waals surface area contributed by atoms with E-state index in [4.69, 9.17) is 4.74 Å². The third-order valence-electron chi connectivity index (χ3n) is 2.16. The SMILES string of the molecule is COC(=O)CCOCCCc1cccnc1. The van der Waals surface area contributed by atoms with Crippen molar-refractivity contribution < 1.29 is 14.3 Å². The Hall–Kier alpha value is -1.42. The molecule has 4 heteroatoms. The minimum atomic E-state index is -0.229. The van der Waals surface area contributed by atoms with Gasteiger partial charge in [-0.25, -0.2) is 0 Å². The molecule has 0 fully saturated rings. The lowest BCUT2D eigenvalue weighted by Gasteiger charge is -2.03. The van der Waals surface area contributed by atoms with Crippen molar-refractivity contribution in [2.24, 2.45) is 0 Å². The molecule has 0 atom stereocenters. The molecule has 1 rings (SSSR count). The highest BCUT2D eigenvalue weighted by Crippen LogP contribution is 2.00. The third kappa shape index (κ3) is 5.46. The second kappa shape index (κ2) is 7.82. The Morgan fingerprint density at radius 1 is 1.44 bits per heavy atom. The van der Waals surface area contributed by atoms with Gasteiger partial charge < -0.3 is 9.47 Å². The quantitative estimate of drug-likeness (QED) is 0.520. The van der Waals surface area contributed by atoms with Crippen LogP contribution in [0.1, 0.15) is 18.4 Å². The zero-order chi connectivity index (χ0) is 11.6. The first kappa shape index (κ1) is 12.6. The first-order valence-corrected chi connectivity index (χ1v) is 5.36. The van der Waals surface area contributed by atoms with Gasteiger partial charge in [0, 0.05) is 19.0 Å². The Morgan fingerprint density at radius 3 is 3.00 bits per heavy atom. The Labute approximate surface area is 95.6 Å². The highest BCUT2D eigenvalue weighted by molar-refractivity contribution is 5.69. The maximum Gasteiger partial charge on any atom is 0.307 e. The molecular formula is C12H17NO3. The van der Waals surface area contributed by atoms with E-state index in [-0.39, 0.29) is 5.97 Å². The van der Waals surface area contributed by atoms with Crippen molar-refractivity contribution in [3.63, 3.8) is 0 Å². The second-order valence-electron chi connectivity index (χ2n) is 3.40. The summed E-state index contributed by atoms with van der Waals surface area (Å²) in [6.45, 7) is 1.09. The third-order valence-corrected chi connectivity index (χ3v) is 2.16. The zero-order valence-corrected chi connectivity index (χ0v) is 9.52. The molecule has 4 nitrogen and oxygen atoms in total. The Bertz CT molecular complexity index is 300. The number of esters is 1. The lowest BCUT2D eigenvalue weighted by Crippen LogP contribution is -2.06. The summed E-state index contributed by atoms with van der Waals surface area (Å²) in [5.41, 5.74) is 1.21. The average molecular weight is 223 g/mol. The van der Waals surface area contributed by atoms with Crippen LogP contribution in [-0.4, -0.2) is 31.3 Å². The maximum atomic E-state index is 10.8. The highest BCUT2D eigenvalue weighted by atomic mass is 16.5. The van der Waals surface area contributed by atoms with Crippen molar-refractivity contribution in [3.8, 4) is 0 Å². The number of hydrogen-bond donors (Lipinski definition) is 0. The van der Waals surface area contributed by atoms with Crippen LogP contribution >= 0.6 is 0 Å². The minimum absolute atomic E-state index is 0.229. The summed E-state index contributed by atoms with van der Waals surface area (Å²) >= 11 is 0. The standard InChI is InChI=1S/C12H17NO3/c1-15-12(14)6-9-16-8-3-5-11-4-2-7-13-10-11/h2,4,7,10H,3,5-6,8-9H2,1H3. The largest absolute Gasteiger partial charge is 0.469 e. The van der Waals surface area contributed by atoms with Gasteiger partial charge in [-0.05, 0) is 24.5 Å². The van der Waals surface area contributed by atoms with Gasteiger partial charge in [0.15, 0.2) is 0 Å². The van der Waals surface area contributed by atoms with Gasteiger partial charge in [-0.2, -0.15) is 0 Å².